The van der Waals surface area contributed by atoms with E-state index in [0.29, 0.717) is 30.3 Å². The Bertz CT molecular complexity index is 448. The third kappa shape index (κ3) is 3.73. The average molecular weight is 268 g/mol. The standard InChI is InChI=1S/C13H17FN2O3/c14-12-2-1-10(13(17)16-15)5-11(12)8-19-7-9-3-4-18-6-9/h1-2,5,9H,3-4,6-8,15H2,(H,16,17). The molecule has 0 spiro atoms. The van der Waals surface area contributed by atoms with Crippen LogP contribution in [0, 0.1) is 11.7 Å². The molecule has 1 heterocycles. The number of carbonyl (C=O) groups excluding carboxylic acids is 1. The third-order valence-electron chi connectivity index (χ3n) is 3.07. The van der Waals surface area contributed by atoms with Crippen LogP contribution in [0.15, 0.2) is 18.2 Å². The van der Waals surface area contributed by atoms with Crippen LogP contribution in [0.2, 0.25) is 0 Å². The molecule has 1 saturated heterocycles. The van der Waals surface area contributed by atoms with E-state index < -0.39 is 11.7 Å². The normalized spacial score (nSPS) is 18.5. The Balaban J connectivity index is 1.92. The first-order chi connectivity index (χ1) is 9.20. The second-order valence-corrected chi connectivity index (χ2v) is 4.52. The molecule has 0 aliphatic carbocycles. The maximum atomic E-state index is 13.6. The van der Waals surface area contributed by atoms with E-state index >= 15 is 0 Å². The van der Waals surface area contributed by atoms with Crippen LogP contribution in [0.5, 0.6) is 0 Å². The topological polar surface area (TPSA) is 73.6 Å². The molecule has 1 unspecified atom stereocenters. The molecule has 104 valence electrons. The molecular formula is C13H17FN2O3. The largest absolute Gasteiger partial charge is 0.381 e. The Morgan fingerprint density at radius 1 is 1.58 bits per heavy atom. The van der Waals surface area contributed by atoms with E-state index in [1.165, 1.54) is 18.2 Å². The van der Waals surface area contributed by atoms with Crippen molar-refractivity contribution in [2.75, 3.05) is 19.8 Å². The zero-order valence-electron chi connectivity index (χ0n) is 10.5. The first-order valence-corrected chi connectivity index (χ1v) is 6.15. The number of halogens is 1. The molecule has 0 bridgehead atoms. The van der Waals surface area contributed by atoms with Gasteiger partial charge in [0.25, 0.3) is 5.91 Å². The lowest BCUT2D eigenvalue weighted by Gasteiger charge is -2.10. The summed E-state index contributed by atoms with van der Waals surface area (Å²) >= 11 is 0. The Kier molecular flexibility index (Phi) is 4.84. The van der Waals surface area contributed by atoms with Gasteiger partial charge in [0.2, 0.25) is 0 Å². The molecule has 0 saturated carbocycles. The number of nitrogens with two attached hydrogens (primary N) is 1. The van der Waals surface area contributed by atoms with Crippen molar-refractivity contribution >= 4 is 5.91 Å². The van der Waals surface area contributed by atoms with Gasteiger partial charge in [0, 0.05) is 23.7 Å². The number of hydrazine groups is 1. The van der Waals surface area contributed by atoms with Crippen LogP contribution in [0.3, 0.4) is 0 Å². The number of nitrogen functional groups attached to an aromatic ring is 1. The molecule has 1 amide bonds. The quantitative estimate of drug-likeness (QED) is 0.474. The number of amides is 1. The van der Waals surface area contributed by atoms with Crippen molar-refractivity contribution in [2.45, 2.75) is 13.0 Å². The zero-order valence-corrected chi connectivity index (χ0v) is 10.5. The van der Waals surface area contributed by atoms with Crippen molar-refractivity contribution in [3.8, 4) is 0 Å². The van der Waals surface area contributed by atoms with Gasteiger partial charge in [-0.05, 0) is 24.6 Å². The highest BCUT2D eigenvalue weighted by Crippen LogP contribution is 2.15. The highest BCUT2D eigenvalue weighted by Gasteiger charge is 2.16. The maximum absolute atomic E-state index is 13.6. The summed E-state index contributed by atoms with van der Waals surface area (Å²) in [7, 11) is 0. The fraction of sp³-hybridized carbons (Fsp3) is 0.462. The summed E-state index contributed by atoms with van der Waals surface area (Å²) < 4.78 is 24.3. The van der Waals surface area contributed by atoms with Crippen LogP contribution < -0.4 is 11.3 Å². The Morgan fingerprint density at radius 3 is 3.11 bits per heavy atom. The van der Waals surface area contributed by atoms with Gasteiger partial charge in [-0.25, -0.2) is 10.2 Å². The highest BCUT2D eigenvalue weighted by atomic mass is 19.1. The second kappa shape index (κ2) is 6.60. The van der Waals surface area contributed by atoms with E-state index in [4.69, 9.17) is 15.3 Å². The van der Waals surface area contributed by atoms with Gasteiger partial charge < -0.3 is 9.47 Å². The molecule has 3 N–H and O–H groups in total. The van der Waals surface area contributed by atoms with Crippen LogP contribution in [-0.2, 0) is 16.1 Å². The van der Waals surface area contributed by atoms with Gasteiger partial charge in [-0.15, -0.1) is 0 Å². The van der Waals surface area contributed by atoms with Crippen LogP contribution in [-0.4, -0.2) is 25.7 Å². The van der Waals surface area contributed by atoms with Crippen molar-refractivity contribution in [2.24, 2.45) is 11.8 Å². The molecular weight excluding hydrogens is 251 g/mol. The first-order valence-electron chi connectivity index (χ1n) is 6.15. The number of carbonyl (C=O) groups is 1. The fourth-order valence-electron chi connectivity index (χ4n) is 1.96. The minimum atomic E-state index is -0.453. The van der Waals surface area contributed by atoms with Crippen molar-refractivity contribution < 1.29 is 18.7 Å². The van der Waals surface area contributed by atoms with Crippen molar-refractivity contribution in [1.82, 2.24) is 5.43 Å². The number of hydrogen-bond acceptors (Lipinski definition) is 4. The summed E-state index contributed by atoms with van der Waals surface area (Å²) in [6.07, 6.45) is 0.970. The Labute approximate surface area is 110 Å². The molecule has 6 heteroatoms. The molecule has 1 atom stereocenters. The van der Waals surface area contributed by atoms with E-state index in [1.54, 1.807) is 0 Å². The fourth-order valence-corrected chi connectivity index (χ4v) is 1.96. The van der Waals surface area contributed by atoms with Gasteiger partial charge >= 0.3 is 0 Å². The smallest absolute Gasteiger partial charge is 0.265 e. The van der Waals surface area contributed by atoms with Crippen molar-refractivity contribution in [3.63, 3.8) is 0 Å². The monoisotopic (exact) mass is 268 g/mol. The van der Waals surface area contributed by atoms with Crippen molar-refractivity contribution in [1.29, 1.82) is 0 Å². The molecule has 1 fully saturated rings. The SMILES string of the molecule is NNC(=O)c1ccc(F)c(COCC2CCOC2)c1. The zero-order chi connectivity index (χ0) is 13.7. The minimum absolute atomic E-state index is 0.133. The van der Waals surface area contributed by atoms with Crippen molar-refractivity contribution in [3.05, 3.63) is 35.1 Å². The predicted octanol–water partition coefficient (Wildman–Crippen LogP) is 0.982. The first kappa shape index (κ1) is 13.9. The average Bonchev–Trinajstić information content (AvgIpc) is 2.93. The Hall–Kier alpha value is -1.50. The molecule has 0 radical (unpaired) electrons. The highest BCUT2D eigenvalue weighted by molar-refractivity contribution is 5.93. The molecule has 1 aromatic rings. The summed E-state index contributed by atoms with van der Waals surface area (Å²) in [5, 5.41) is 0. The van der Waals surface area contributed by atoms with Gasteiger partial charge in [0.05, 0.1) is 19.8 Å². The van der Waals surface area contributed by atoms with Gasteiger partial charge in [0.15, 0.2) is 0 Å². The molecule has 0 aromatic heterocycles. The summed E-state index contributed by atoms with van der Waals surface area (Å²) in [6, 6.07) is 4.07. The maximum Gasteiger partial charge on any atom is 0.265 e. The number of benzene rings is 1. The van der Waals surface area contributed by atoms with E-state index in [9.17, 15) is 9.18 Å². The number of nitrogens with one attached hydrogen (secondary N) is 1. The van der Waals surface area contributed by atoms with Gasteiger partial charge in [-0.3, -0.25) is 10.2 Å². The lowest BCUT2D eigenvalue weighted by molar-refractivity contribution is 0.0774. The van der Waals surface area contributed by atoms with Gasteiger partial charge in [-0.2, -0.15) is 0 Å². The van der Waals surface area contributed by atoms with E-state index in [-0.39, 0.29) is 6.61 Å². The molecule has 5 nitrogen and oxygen atoms in total. The van der Waals surface area contributed by atoms with Gasteiger partial charge in [-0.1, -0.05) is 0 Å². The molecule has 1 aliphatic rings. The lowest BCUT2D eigenvalue weighted by atomic mass is 10.1. The number of ether oxygens (including phenoxy) is 2. The summed E-state index contributed by atoms with van der Waals surface area (Å²) in [5.41, 5.74) is 2.67. The molecule has 19 heavy (non-hydrogen) atoms. The second-order valence-electron chi connectivity index (χ2n) is 4.52. The summed E-state index contributed by atoms with van der Waals surface area (Å²) in [5.74, 6) is 4.56. The lowest BCUT2D eigenvalue weighted by Crippen LogP contribution is -2.30. The predicted molar refractivity (Wildman–Crippen MR) is 66.6 cm³/mol. The number of rotatable bonds is 5. The summed E-state index contributed by atoms with van der Waals surface area (Å²) in [6.45, 7) is 2.12. The van der Waals surface area contributed by atoms with Gasteiger partial charge in [0.1, 0.15) is 5.82 Å². The van der Waals surface area contributed by atoms with E-state index in [0.717, 1.165) is 13.0 Å². The molecule has 1 aliphatic heterocycles. The summed E-state index contributed by atoms with van der Waals surface area (Å²) in [4.78, 5) is 11.3. The van der Waals surface area contributed by atoms with Crippen LogP contribution in [0.1, 0.15) is 22.3 Å². The van der Waals surface area contributed by atoms with Crippen LogP contribution in [0.4, 0.5) is 4.39 Å². The molecule has 2 rings (SSSR count). The number of hydrogen-bond donors (Lipinski definition) is 2. The van der Waals surface area contributed by atoms with Crippen LogP contribution >= 0.6 is 0 Å². The van der Waals surface area contributed by atoms with Crippen LogP contribution in [0.25, 0.3) is 0 Å². The van der Waals surface area contributed by atoms with E-state index in [1.807, 2.05) is 5.43 Å². The minimum Gasteiger partial charge on any atom is -0.381 e. The Morgan fingerprint density at radius 2 is 2.42 bits per heavy atom. The molecule has 1 aromatic carbocycles. The third-order valence-corrected chi connectivity index (χ3v) is 3.07. The van der Waals surface area contributed by atoms with E-state index in [2.05, 4.69) is 0 Å².